The van der Waals surface area contributed by atoms with Gasteiger partial charge in [-0.2, -0.15) is 0 Å². The van der Waals surface area contributed by atoms with Crippen molar-refractivity contribution in [2.24, 2.45) is 5.92 Å². The van der Waals surface area contributed by atoms with Crippen LogP contribution >= 0.6 is 0 Å². The lowest BCUT2D eigenvalue weighted by Crippen LogP contribution is -2.34. The molecule has 0 unspecified atom stereocenters. The van der Waals surface area contributed by atoms with Gasteiger partial charge in [0.2, 0.25) is 5.91 Å². The van der Waals surface area contributed by atoms with Gasteiger partial charge < -0.3 is 10.2 Å². The molecule has 0 radical (unpaired) electrons. The van der Waals surface area contributed by atoms with E-state index in [4.69, 9.17) is 0 Å². The number of anilines is 1. The van der Waals surface area contributed by atoms with E-state index in [2.05, 4.69) is 10.3 Å². The summed E-state index contributed by atoms with van der Waals surface area (Å²) in [6.07, 6.45) is 5.06. The number of carbonyl (C=O) groups excluding carboxylic acids is 1. The minimum Gasteiger partial charge on any atom is -0.363 e. The molecule has 4 heteroatoms. The van der Waals surface area contributed by atoms with Gasteiger partial charge in [-0.25, -0.2) is 4.98 Å². The number of carbonyl (C=O) groups is 1. The Bertz CT molecular complexity index is 399. The van der Waals surface area contributed by atoms with Crippen LogP contribution in [0, 0.1) is 5.92 Å². The van der Waals surface area contributed by atoms with E-state index >= 15 is 0 Å². The smallest absolute Gasteiger partial charge is 0.223 e. The van der Waals surface area contributed by atoms with Crippen molar-refractivity contribution in [3.63, 3.8) is 0 Å². The molecule has 0 spiro atoms. The molecule has 92 valence electrons. The third-order valence-electron chi connectivity index (χ3n) is 3.21. The van der Waals surface area contributed by atoms with Crippen molar-refractivity contribution in [3.8, 4) is 0 Å². The van der Waals surface area contributed by atoms with E-state index in [0.29, 0.717) is 6.54 Å². The molecule has 1 aliphatic rings. The first kappa shape index (κ1) is 11.9. The Labute approximate surface area is 102 Å². The Hall–Kier alpha value is -1.58. The fraction of sp³-hybridized carbons (Fsp3) is 0.538. The standard InChI is InChI=1S/C13H19N3O/c1-16(2)12-8-10(6-7-14-12)9-15-13(17)11-4-3-5-11/h6-8,11H,3-5,9H2,1-2H3,(H,15,17). The number of hydrogen-bond donors (Lipinski definition) is 1. The van der Waals surface area contributed by atoms with Crippen LogP contribution in [0.3, 0.4) is 0 Å². The highest BCUT2D eigenvalue weighted by molar-refractivity contribution is 5.79. The van der Waals surface area contributed by atoms with Gasteiger partial charge in [-0.3, -0.25) is 4.79 Å². The number of aromatic nitrogens is 1. The van der Waals surface area contributed by atoms with Gasteiger partial charge in [0.05, 0.1) is 0 Å². The molecule has 1 amide bonds. The van der Waals surface area contributed by atoms with Crippen LogP contribution in [0.15, 0.2) is 18.3 Å². The van der Waals surface area contributed by atoms with Crippen LogP contribution in [-0.4, -0.2) is 25.0 Å². The Morgan fingerprint density at radius 1 is 1.53 bits per heavy atom. The van der Waals surface area contributed by atoms with Crippen molar-refractivity contribution in [2.45, 2.75) is 25.8 Å². The highest BCUT2D eigenvalue weighted by Crippen LogP contribution is 2.26. The predicted molar refractivity (Wildman–Crippen MR) is 67.8 cm³/mol. The summed E-state index contributed by atoms with van der Waals surface area (Å²) in [4.78, 5) is 17.9. The van der Waals surface area contributed by atoms with E-state index < -0.39 is 0 Å². The van der Waals surface area contributed by atoms with Crippen molar-refractivity contribution in [3.05, 3.63) is 23.9 Å². The third kappa shape index (κ3) is 2.96. The van der Waals surface area contributed by atoms with E-state index in [-0.39, 0.29) is 11.8 Å². The quantitative estimate of drug-likeness (QED) is 0.858. The molecule has 0 aliphatic heterocycles. The van der Waals surface area contributed by atoms with Crippen LogP contribution in [0.25, 0.3) is 0 Å². The molecule has 1 N–H and O–H groups in total. The molecule has 4 nitrogen and oxygen atoms in total. The molecular weight excluding hydrogens is 214 g/mol. The molecule has 1 aromatic heterocycles. The third-order valence-corrected chi connectivity index (χ3v) is 3.21. The molecule has 1 saturated carbocycles. The van der Waals surface area contributed by atoms with Crippen LogP contribution in [0.1, 0.15) is 24.8 Å². The fourth-order valence-electron chi connectivity index (χ4n) is 1.82. The summed E-state index contributed by atoms with van der Waals surface area (Å²) in [5.41, 5.74) is 1.09. The zero-order chi connectivity index (χ0) is 12.3. The van der Waals surface area contributed by atoms with Gasteiger partial charge in [0.15, 0.2) is 0 Å². The summed E-state index contributed by atoms with van der Waals surface area (Å²) in [5, 5.41) is 2.98. The lowest BCUT2D eigenvalue weighted by atomic mass is 9.85. The number of nitrogens with one attached hydrogen (secondary N) is 1. The maximum absolute atomic E-state index is 11.7. The fourth-order valence-corrected chi connectivity index (χ4v) is 1.82. The minimum atomic E-state index is 0.194. The average molecular weight is 233 g/mol. The first-order chi connectivity index (χ1) is 8.16. The first-order valence-electron chi connectivity index (χ1n) is 6.07. The zero-order valence-electron chi connectivity index (χ0n) is 10.4. The Morgan fingerprint density at radius 2 is 2.29 bits per heavy atom. The van der Waals surface area contributed by atoms with Crippen molar-refractivity contribution in [1.29, 1.82) is 0 Å². The SMILES string of the molecule is CN(C)c1cc(CNC(=O)C2CCC2)ccn1. The average Bonchev–Trinajstić information content (AvgIpc) is 2.24. The van der Waals surface area contributed by atoms with Gasteiger partial charge in [0.1, 0.15) is 5.82 Å². The molecule has 0 aromatic carbocycles. The van der Waals surface area contributed by atoms with E-state index in [1.807, 2.05) is 31.1 Å². The van der Waals surface area contributed by atoms with Crippen LogP contribution in [-0.2, 0) is 11.3 Å². The van der Waals surface area contributed by atoms with Crippen LogP contribution in [0.5, 0.6) is 0 Å². The van der Waals surface area contributed by atoms with Gasteiger partial charge >= 0.3 is 0 Å². The van der Waals surface area contributed by atoms with Crippen LogP contribution in [0.4, 0.5) is 5.82 Å². The molecule has 1 fully saturated rings. The van der Waals surface area contributed by atoms with Gasteiger partial charge in [0, 0.05) is 32.8 Å². The van der Waals surface area contributed by atoms with E-state index in [1.54, 1.807) is 6.20 Å². The topological polar surface area (TPSA) is 45.2 Å². The van der Waals surface area contributed by atoms with Gasteiger partial charge in [-0.05, 0) is 30.5 Å². The summed E-state index contributed by atoms with van der Waals surface area (Å²) in [6, 6.07) is 3.94. The van der Waals surface area contributed by atoms with E-state index in [9.17, 15) is 4.79 Å². The van der Waals surface area contributed by atoms with Crippen molar-refractivity contribution >= 4 is 11.7 Å². The lowest BCUT2D eigenvalue weighted by Gasteiger charge is -2.24. The number of amides is 1. The number of rotatable bonds is 4. The summed E-state index contributed by atoms with van der Waals surface area (Å²) in [7, 11) is 3.91. The molecule has 1 aliphatic carbocycles. The summed E-state index contributed by atoms with van der Waals surface area (Å²) < 4.78 is 0. The van der Waals surface area contributed by atoms with Gasteiger partial charge in [-0.15, -0.1) is 0 Å². The molecule has 17 heavy (non-hydrogen) atoms. The van der Waals surface area contributed by atoms with Crippen molar-refractivity contribution < 1.29 is 4.79 Å². The first-order valence-corrected chi connectivity index (χ1v) is 6.07. The zero-order valence-corrected chi connectivity index (χ0v) is 10.4. The molecule has 0 saturated heterocycles. The maximum Gasteiger partial charge on any atom is 0.223 e. The normalized spacial score (nSPS) is 15.2. The molecule has 0 bridgehead atoms. The second kappa shape index (κ2) is 5.17. The Morgan fingerprint density at radius 3 is 2.88 bits per heavy atom. The molecule has 0 atom stereocenters. The second-order valence-electron chi connectivity index (χ2n) is 4.76. The van der Waals surface area contributed by atoms with E-state index in [0.717, 1.165) is 24.2 Å². The second-order valence-corrected chi connectivity index (χ2v) is 4.76. The summed E-state index contributed by atoms with van der Waals surface area (Å²) in [6.45, 7) is 0.596. The molecule has 1 aromatic rings. The summed E-state index contributed by atoms with van der Waals surface area (Å²) in [5.74, 6) is 1.37. The van der Waals surface area contributed by atoms with Crippen LogP contribution < -0.4 is 10.2 Å². The summed E-state index contributed by atoms with van der Waals surface area (Å²) >= 11 is 0. The highest BCUT2D eigenvalue weighted by atomic mass is 16.1. The Kier molecular flexibility index (Phi) is 3.61. The number of nitrogens with zero attached hydrogens (tertiary/aromatic N) is 2. The van der Waals surface area contributed by atoms with E-state index in [1.165, 1.54) is 6.42 Å². The largest absolute Gasteiger partial charge is 0.363 e. The lowest BCUT2D eigenvalue weighted by molar-refractivity contribution is -0.127. The Balaban J connectivity index is 1.89. The van der Waals surface area contributed by atoms with Gasteiger partial charge in [-0.1, -0.05) is 6.42 Å². The minimum absolute atomic E-state index is 0.194. The molecule has 1 heterocycles. The highest BCUT2D eigenvalue weighted by Gasteiger charge is 2.24. The van der Waals surface area contributed by atoms with Gasteiger partial charge in [0.25, 0.3) is 0 Å². The van der Waals surface area contributed by atoms with Crippen molar-refractivity contribution in [1.82, 2.24) is 10.3 Å². The predicted octanol–water partition coefficient (Wildman–Crippen LogP) is 1.56. The molecule has 2 rings (SSSR count). The van der Waals surface area contributed by atoms with Crippen LogP contribution in [0.2, 0.25) is 0 Å². The molecular formula is C13H19N3O. The monoisotopic (exact) mass is 233 g/mol. The number of pyridine rings is 1. The number of hydrogen-bond acceptors (Lipinski definition) is 3. The maximum atomic E-state index is 11.7. The van der Waals surface area contributed by atoms with Crippen molar-refractivity contribution in [2.75, 3.05) is 19.0 Å².